The summed E-state index contributed by atoms with van der Waals surface area (Å²) in [5.41, 5.74) is 1.92. The third-order valence-corrected chi connectivity index (χ3v) is 3.32. The molecule has 0 amide bonds. The molecule has 0 atom stereocenters. The molecule has 0 aliphatic carbocycles. The Balaban J connectivity index is 0.00000147. The average molecular weight is 378 g/mol. The van der Waals surface area contributed by atoms with Crippen LogP contribution in [0.15, 0.2) is 59.4 Å². The number of benzene rings is 2. The van der Waals surface area contributed by atoms with Crippen LogP contribution in [0.2, 0.25) is 0 Å². The Labute approximate surface area is 134 Å². The van der Waals surface area contributed by atoms with Gasteiger partial charge in [-0.2, -0.15) is 4.98 Å². The van der Waals surface area contributed by atoms with Gasteiger partial charge in [0.05, 0.1) is 10.9 Å². The lowest BCUT2D eigenvalue weighted by Gasteiger charge is -2.10. The SMILES string of the molecule is Cn1c(Cc2ccccc2)nc(=O)c2ccccc21.I. The smallest absolute Gasteiger partial charge is 0.280 e. The summed E-state index contributed by atoms with van der Waals surface area (Å²) >= 11 is 0. The lowest BCUT2D eigenvalue weighted by molar-refractivity contribution is 0.802. The van der Waals surface area contributed by atoms with Gasteiger partial charge in [-0.1, -0.05) is 42.5 Å². The molecule has 2 aromatic carbocycles. The number of aromatic nitrogens is 2. The van der Waals surface area contributed by atoms with Gasteiger partial charge in [-0.25, -0.2) is 0 Å². The van der Waals surface area contributed by atoms with Crippen molar-refractivity contribution in [2.45, 2.75) is 6.42 Å². The molecule has 0 spiro atoms. The molecule has 0 unspecified atom stereocenters. The van der Waals surface area contributed by atoms with Gasteiger partial charge in [0.2, 0.25) is 0 Å². The maximum atomic E-state index is 12.0. The van der Waals surface area contributed by atoms with Crippen molar-refractivity contribution in [1.82, 2.24) is 9.55 Å². The summed E-state index contributed by atoms with van der Waals surface area (Å²) in [6, 6.07) is 17.6. The van der Waals surface area contributed by atoms with Crippen molar-refractivity contribution in [3.63, 3.8) is 0 Å². The quantitative estimate of drug-likeness (QED) is 0.643. The highest BCUT2D eigenvalue weighted by atomic mass is 127. The summed E-state index contributed by atoms with van der Waals surface area (Å²) in [7, 11) is 1.95. The summed E-state index contributed by atoms with van der Waals surface area (Å²) < 4.78 is 1.99. The van der Waals surface area contributed by atoms with Crippen molar-refractivity contribution in [3.8, 4) is 0 Å². The molecule has 1 aromatic heterocycles. The minimum atomic E-state index is -0.153. The van der Waals surface area contributed by atoms with Crippen LogP contribution < -0.4 is 5.56 Å². The molecular weight excluding hydrogens is 363 g/mol. The van der Waals surface area contributed by atoms with E-state index in [0.717, 1.165) is 16.9 Å². The molecule has 3 aromatic rings. The molecule has 0 fully saturated rings. The third kappa shape index (κ3) is 2.75. The van der Waals surface area contributed by atoms with Gasteiger partial charge in [-0.3, -0.25) is 4.79 Å². The van der Waals surface area contributed by atoms with E-state index in [0.29, 0.717) is 11.8 Å². The van der Waals surface area contributed by atoms with Crippen LogP contribution in [0.5, 0.6) is 0 Å². The number of hydrogen-bond acceptors (Lipinski definition) is 2. The van der Waals surface area contributed by atoms with Crippen LogP contribution in [0.1, 0.15) is 11.4 Å². The Morgan fingerprint density at radius 3 is 2.40 bits per heavy atom. The van der Waals surface area contributed by atoms with Crippen molar-refractivity contribution in [3.05, 3.63) is 76.3 Å². The van der Waals surface area contributed by atoms with E-state index >= 15 is 0 Å². The number of halogens is 1. The van der Waals surface area contributed by atoms with Gasteiger partial charge in [0.25, 0.3) is 5.56 Å². The molecule has 0 N–H and O–H groups in total. The van der Waals surface area contributed by atoms with Crippen molar-refractivity contribution in [2.75, 3.05) is 0 Å². The molecule has 0 radical (unpaired) electrons. The molecule has 0 saturated heterocycles. The monoisotopic (exact) mass is 378 g/mol. The van der Waals surface area contributed by atoms with E-state index in [-0.39, 0.29) is 29.5 Å². The number of fused-ring (bicyclic) bond motifs is 1. The van der Waals surface area contributed by atoms with Crippen LogP contribution in [0.25, 0.3) is 10.9 Å². The predicted octanol–water partition coefficient (Wildman–Crippen LogP) is 3.14. The highest BCUT2D eigenvalue weighted by Gasteiger charge is 2.07. The summed E-state index contributed by atoms with van der Waals surface area (Å²) in [6.07, 6.45) is 0.664. The number of para-hydroxylation sites is 1. The summed E-state index contributed by atoms with van der Waals surface area (Å²) in [4.78, 5) is 16.2. The van der Waals surface area contributed by atoms with Crippen LogP contribution >= 0.6 is 24.0 Å². The second-order valence-corrected chi connectivity index (χ2v) is 4.57. The Hall–Kier alpha value is -1.69. The Morgan fingerprint density at radius 1 is 1.00 bits per heavy atom. The maximum absolute atomic E-state index is 12.0. The van der Waals surface area contributed by atoms with Gasteiger partial charge < -0.3 is 4.57 Å². The Kier molecular flexibility index (Phi) is 4.54. The minimum absolute atomic E-state index is 0. The molecule has 0 aliphatic rings. The normalized spacial score (nSPS) is 10.2. The van der Waals surface area contributed by atoms with Gasteiger partial charge in [-0.05, 0) is 17.7 Å². The number of aryl methyl sites for hydroxylation is 1. The second-order valence-electron chi connectivity index (χ2n) is 4.57. The molecule has 0 aliphatic heterocycles. The molecule has 20 heavy (non-hydrogen) atoms. The highest BCUT2D eigenvalue weighted by molar-refractivity contribution is 14.0. The fourth-order valence-electron chi connectivity index (χ4n) is 2.28. The molecule has 3 nitrogen and oxygen atoms in total. The summed E-state index contributed by atoms with van der Waals surface area (Å²) in [5.74, 6) is 0.787. The first-order valence-electron chi connectivity index (χ1n) is 6.24. The van der Waals surface area contributed by atoms with Crippen LogP contribution in [0.3, 0.4) is 0 Å². The fraction of sp³-hybridized carbons (Fsp3) is 0.125. The van der Waals surface area contributed by atoms with Crippen LogP contribution in [0.4, 0.5) is 0 Å². The van der Waals surface area contributed by atoms with Gasteiger partial charge in [0, 0.05) is 13.5 Å². The van der Waals surface area contributed by atoms with Crippen LogP contribution in [-0.4, -0.2) is 9.55 Å². The van der Waals surface area contributed by atoms with E-state index in [1.807, 2.05) is 66.2 Å². The van der Waals surface area contributed by atoms with Crippen molar-refractivity contribution < 1.29 is 0 Å². The molecule has 1 heterocycles. The van der Waals surface area contributed by atoms with E-state index in [4.69, 9.17) is 0 Å². The van der Waals surface area contributed by atoms with E-state index in [1.165, 1.54) is 0 Å². The number of nitrogens with zero attached hydrogens (tertiary/aromatic N) is 2. The lowest BCUT2D eigenvalue weighted by atomic mass is 10.1. The van der Waals surface area contributed by atoms with Gasteiger partial charge in [0.15, 0.2) is 0 Å². The van der Waals surface area contributed by atoms with E-state index < -0.39 is 0 Å². The summed E-state index contributed by atoms with van der Waals surface area (Å²) in [5, 5.41) is 0.668. The van der Waals surface area contributed by atoms with Crippen molar-refractivity contribution in [2.24, 2.45) is 7.05 Å². The van der Waals surface area contributed by atoms with Gasteiger partial charge in [-0.15, -0.1) is 24.0 Å². The zero-order chi connectivity index (χ0) is 13.2. The molecule has 3 rings (SSSR count). The average Bonchev–Trinajstić information content (AvgIpc) is 2.46. The maximum Gasteiger partial charge on any atom is 0.280 e. The first kappa shape index (κ1) is 14.7. The van der Waals surface area contributed by atoms with Gasteiger partial charge >= 0.3 is 0 Å². The molecular formula is C16H15IN2O. The van der Waals surface area contributed by atoms with Crippen LogP contribution in [0, 0.1) is 0 Å². The van der Waals surface area contributed by atoms with E-state index in [2.05, 4.69) is 4.98 Å². The highest BCUT2D eigenvalue weighted by Crippen LogP contribution is 2.12. The predicted molar refractivity (Wildman–Crippen MR) is 91.6 cm³/mol. The standard InChI is InChI=1S/C16H14N2O.HI/c1-18-14-10-6-5-9-13(14)16(19)17-15(18)11-12-7-3-2-4-8-12;/h2-10H,11H2,1H3;1H. The molecule has 4 heteroatoms. The number of rotatable bonds is 2. The lowest BCUT2D eigenvalue weighted by Crippen LogP contribution is -2.17. The first-order chi connectivity index (χ1) is 9.25. The minimum Gasteiger partial charge on any atom is -0.332 e. The topological polar surface area (TPSA) is 34.9 Å². The Morgan fingerprint density at radius 2 is 1.65 bits per heavy atom. The zero-order valence-electron chi connectivity index (χ0n) is 11.1. The van der Waals surface area contributed by atoms with E-state index in [9.17, 15) is 4.79 Å². The summed E-state index contributed by atoms with van der Waals surface area (Å²) in [6.45, 7) is 0. The first-order valence-corrected chi connectivity index (χ1v) is 6.24. The van der Waals surface area contributed by atoms with Crippen LogP contribution in [-0.2, 0) is 13.5 Å². The van der Waals surface area contributed by atoms with Gasteiger partial charge in [0.1, 0.15) is 5.82 Å². The number of hydrogen-bond donors (Lipinski definition) is 0. The van der Waals surface area contributed by atoms with E-state index in [1.54, 1.807) is 0 Å². The largest absolute Gasteiger partial charge is 0.332 e. The Bertz CT molecular complexity index is 781. The van der Waals surface area contributed by atoms with Crippen molar-refractivity contribution >= 4 is 34.9 Å². The molecule has 0 saturated carbocycles. The second kappa shape index (κ2) is 6.17. The fourth-order valence-corrected chi connectivity index (χ4v) is 2.28. The molecule has 102 valence electrons. The van der Waals surface area contributed by atoms with Crippen molar-refractivity contribution in [1.29, 1.82) is 0 Å². The molecule has 0 bridgehead atoms. The third-order valence-electron chi connectivity index (χ3n) is 3.32. The zero-order valence-corrected chi connectivity index (χ0v) is 13.4.